The molecule has 1 N–H and O–H groups in total. The van der Waals surface area contributed by atoms with E-state index in [1.165, 1.54) is 15.9 Å². The van der Waals surface area contributed by atoms with Crippen molar-refractivity contribution in [2.75, 3.05) is 19.3 Å². The zero-order valence-electron chi connectivity index (χ0n) is 17.3. The van der Waals surface area contributed by atoms with Gasteiger partial charge in [0.2, 0.25) is 0 Å². The third-order valence-corrected chi connectivity index (χ3v) is 6.74. The van der Waals surface area contributed by atoms with Gasteiger partial charge >= 0.3 is 0 Å². The van der Waals surface area contributed by atoms with Crippen LogP contribution < -0.4 is 10.1 Å². The highest BCUT2D eigenvalue weighted by molar-refractivity contribution is 7.98. The summed E-state index contributed by atoms with van der Waals surface area (Å²) in [5.74, 6) is -2.11. The first-order valence-corrected chi connectivity index (χ1v) is 11.8. The van der Waals surface area contributed by atoms with Crippen molar-refractivity contribution in [2.45, 2.75) is 48.1 Å². The number of ether oxygens (including phenoxy) is 1. The summed E-state index contributed by atoms with van der Waals surface area (Å²) >= 11 is 3.46. The summed E-state index contributed by atoms with van der Waals surface area (Å²) < 4.78 is 34.4. The zero-order valence-corrected chi connectivity index (χ0v) is 18.9. The Kier molecular flexibility index (Phi) is 7.65. The molecule has 1 amide bonds. The number of thioether (sulfide) groups is 1. The van der Waals surface area contributed by atoms with Crippen LogP contribution in [0.15, 0.2) is 52.3 Å². The lowest BCUT2D eigenvalue weighted by Crippen LogP contribution is -2.52. The largest absolute Gasteiger partial charge is 0.478 e. The van der Waals surface area contributed by atoms with E-state index in [0.29, 0.717) is 0 Å². The zero-order chi connectivity index (χ0) is 21.7. The first-order chi connectivity index (χ1) is 14.3. The predicted molar refractivity (Wildman–Crippen MR) is 118 cm³/mol. The van der Waals surface area contributed by atoms with Gasteiger partial charge in [-0.25, -0.2) is 13.1 Å². The third-order valence-electron chi connectivity index (χ3n) is 4.89. The van der Waals surface area contributed by atoms with E-state index < -0.39 is 17.2 Å². The monoisotopic (exact) mass is 452 g/mol. The molecule has 2 aromatic rings. The summed E-state index contributed by atoms with van der Waals surface area (Å²) in [7, 11) is 0. The summed E-state index contributed by atoms with van der Waals surface area (Å²) in [4.78, 5) is 15.1. The Morgan fingerprint density at radius 1 is 1.07 bits per heavy atom. The van der Waals surface area contributed by atoms with Crippen LogP contribution >= 0.6 is 23.7 Å². The molecule has 0 aromatic heterocycles. The lowest BCUT2D eigenvalue weighted by molar-refractivity contribution is -0.135. The van der Waals surface area contributed by atoms with Gasteiger partial charge in [-0.15, -0.1) is 11.8 Å². The lowest BCUT2D eigenvalue weighted by atomic mass is 10.0. The molecule has 2 aromatic carbocycles. The van der Waals surface area contributed by atoms with E-state index in [0.717, 1.165) is 38.1 Å². The number of nitrogens with one attached hydrogen (secondary N) is 1. The summed E-state index contributed by atoms with van der Waals surface area (Å²) in [6, 6.07) is 11.8. The van der Waals surface area contributed by atoms with Crippen LogP contribution in [0.4, 0.5) is 8.78 Å². The Morgan fingerprint density at radius 2 is 1.70 bits per heavy atom. The molecule has 1 aliphatic heterocycles. The van der Waals surface area contributed by atoms with Gasteiger partial charge in [-0.1, -0.05) is 0 Å². The molecular weight excluding hydrogens is 426 g/mol. The molecule has 1 saturated heterocycles. The highest BCUT2D eigenvalue weighted by Gasteiger charge is 2.33. The molecule has 1 aliphatic rings. The normalized spacial score (nSPS) is 15.8. The molecule has 1 fully saturated rings. The third kappa shape index (κ3) is 6.12. The van der Waals surface area contributed by atoms with Crippen LogP contribution in [0.2, 0.25) is 0 Å². The van der Waals surface area contributed by atoms with Gasteiger partial charge in [0.1, 0.15) is 5.75 Å². The number of piperidine rings is 1. The van der Waals surface area contributed by atoms with Crippen molar-refractivity contribution in [3.8, 4) is 5.75 Å². The van der Waals surface area contributed by atoms with Gasteiger partial charge in [0.05, 0.1) is 0 Å². The van der Waals surface area contributed by atoms with Gasteiger partial charge in [-0.2, -0.15) is 0 Å². The maximum absolute atomic E-state index is 13.4. The number of carbonyl (C=O) groups is 1. The van der Waals surface area contributed by atoms with Gasteiger partial charge in [-0.3, -0.25) is 4.79 Å². The lowest BCUT2D eigenvalue weighted by Gasteiger charge is -2.33. The second kappa shape index (κ2) is 10.0. The number of carbonyl (C=O) groups excluding carboxylic acids is 1. The fourth-order valence-corrected chi connectivity index (χ4v) is 4.48. The van der Waals surface area contributed by atoms with E-state index in [-0.39, 0.29) is 17.7 Å². The molecule has 0 spiro atoms. The molecule has 30 heavy (non-hydrogen) atoms. The first kappa shape index (κ1) is 22.9. The van der Waals surface area contributed by atoms with Crippen molar-refractivity contribution in [3.05, 3.63) is 54.1 Å². The average molecular weight is 453 g/mol. The van der Waals surface area contributed by atoms with Crippen LogP contribution in [-0.2, 0) is 4.79 Å². The Morgan fingerprint density at radius 3 is 2.30 bits per heavy atom. The number of benzene rings is 2. The maximum Gasteiger partial charge on any atom is 0.263 e. The van der Waals surface area contributed by atoms with Crippen molar-refractivity contribution < 1.29 is 18.3 Å². The van der Waals surface area contributed by atoms with Crippen LogP contribution in [0.5, 0.6) is 5.75 Å². The Balaban J connectivity index is 1.48. The number of rotatable bonds is 7. The molecule has 162 valence electrons. The topological polar surface area (TPSA) is 41.6 Å². The molecule has 0 unspecified atom stereocenters. The first-order valence-electron chi connectivity index (χ1n) is 9.79. The van der Waals surface area contributed by atoms with Crippen LogP contribution in [0.25, 0.3) is 0 Å². The number of nitrogens with zero attached hydrogens (tertiary/aromatic N) is 1. The van der Waals surface area contributed by atoms with Crippen molar-refractivity contribution in [1.82, 2.24) is 9.62 Å². The van der Waals surface area contributed by atoms with E-state index in [4.69, 9.17) is 4.74 Å². The maximum atomic E-state index is 13.4. The number of amides is 1. The van der Waals surface area contributed by atoms with Gasteiger partial charge < -0.3 is 10.1 Å². The predicted octanol–water partition coefficient (Wildman–Crippen LogP) is 5.13. The molecule has 0 radical (unpaired) electrons. The summed E-state index contributed by atoms with van der Waals surface area (Å²) in [6.07, 6.45) is 3.73. The van der Waals surface area contributed by atoms with Crippen molar-refractivity contribution in [3.63, 3.8) is 0 Å². The minimum absolute atomic E-state index is 0.0565. The minimum Gasteiger partial charge on any atom is -0.478 e. The number of halogens is 2. The summed E-state index contributed by atoms with van der Waals surface area (Å²) in [5, 5.41) is 3.03. The van der Waals surface area contributed by atoms with E-state index in [9.17, 15) is 13.6 Å². The number of hydrogen-bond acceptors (Lipinski definition) is 5. The Labute approximate surface area is 184 Å². The minimum atomic E-state index is -1.20. The fourth-order valence-electron chi connectivity index (χ4n) is 3.12. The smallest absolute Gasteiger partial charge is 0.263 e. The van der Waals surface area contributed by atoms with E-state index in [1.54, 1.807) is 37.6 Å². The highest BCUT2D eigenvalue weighted by Crippen LogP contribution is 2.28. The molecule has 0 aliphatic carbocycles. The van der Waals surface area contributed by atoms with E-state index in [1.807, 2.05) is 0 Å². The SMILES string of the molecule is CSc1ccc(SN2CCC(NC(=O)C(C)(C)Oc3ccc(F)c(F)c3)CC2)cc1. The molecule has 0 atom stereocenters. The fraction of sp³-hybridized carbons (Fsp3) is 0.409. The second-order valence-corrected chi connectivity index (χ2v) is 9.68. The van der Waals surface area contributed by atoms with Crippen LogP contribution in [0.3, 0.4) is 0 Å². The van der Waals surface area contributed by atoms with E-state index in [2.05, 4.69) is 40.1 Å². The summed E-state index contributed by atoms with van der Waals surface area (Å²) in [5.41, 5.74) is -1.20. The molecular formula is C22H26F2N2O2S2. The van der Waals surface area contributed by atoms with Gasteiger partial charge in [0, 0.05) is 35.0 Å². The van der Waals surface area contributed by atoms with Crippen LogP contribution in [0.1, 0.15) is 26.7 Å². The highest BCUT2D eigenvalue weighted by atomic mass is 32.2. The number of hydrogen-bond donors (Lipinski definition) is 1. The Bertz CT molecular complexity index is 870. The Hall–Kier alpha value is -1.77. The van der Waals surface area contributed by atoms with Gasteiger partial charge in [0.25, 0.3) is 5.91 Å². The summed E-state index contributed by atoms with van der Waals surface area (Å²) in [6.45, 7) is 4.97. The molecule has 0 bridgehead atoms. The molecule has 4 nitrogen and oxygen atoms in total. The van der Waals surface area contributed by atoms with Gasteiger partial charge in [0.15, 0.2) is 17.2 Å². The van der Waals surface area contributed by atoms with Crippen molar-refractivity contribution in [1.29, 1.82) is 0 Å². The van der Waals surface area contributed by atoms with E-state index >= 15 is 0 Å². The quantitative estimate of drug-likeness (QED) is 0.466. The van der Waals surface area contributed by atoms with Crippen LogP contribution in [-0.4, -0.2) is 41.2 Å². The second-order valence-electron chi connectivity index (χ2n) is 7.63. The average Bonchev–Trinajstić information content (AvgIpc) is 2.72. The molecule has 8 heteroatoms. The van der Waals surface area contributed by atoms with Crippen molar-refractivity contribution >= 4 is 29.6 Å². The molecule has 1 heterocycles. The van der Waals surface area contributed by atoms with Crippen molar-refractivity contribution in [2.24, 2.45) is 0 Å². The molecule has 0 saturated carbocycles. The van der Waals surface area contributed by atoms with Crippen LogP contribution in [0, 0.1) is 11.6 Å². The van der Waals surface area contributed by atoms with Gasteiger partial charge in [-0.05, 0) is 81.3 Å². The standard InChI is InChI=1S/C22H26F2N2O2S2/c1-22(2,28-16-4-9-19(23)20(24)14-16)21(27)25-15-10-12-26(13-11-15)30-18-7-5-17(29-3)6-8-18/h4-9,14-15H,10-13H2,1-3H3,(H,25,27). The molecule has 3 rings (SSSR count).